The van der Waals surface area contributed by atoms with E-state index in [2.05, 4.69) is 9.15 Å². The maximum atomic E-state index is 12.1. The van der Waals surface area contributed by atoms with Gasteiger partial charge in [-0.2, -0.15) is 13.2 Å². The fourth-order valence-corrected chi connectivity index (χ4v) is 0.929. The first-order valence-electron chi connectivity index (χ1n) is 4.24. The summed E-state index contributed by atoms with van der Waals surface area (Å²) in [6.07, 6.45) is -4.76. The maximum absolute atomic E-state index is 12.1. The summed E-state index contributed by atoms with van der Waals surface area (Å²) < 4.78 is 44.7. The molecule has 0 aromatic carbocycles. The summed E-state index contributed by atoms with van der Waals surface area (Å²) in [5.74, 6) is -2.46. The van der Waals surface area contributed by atoms with Crippen molar-refractivity contribution < 1.29 is 27.1 Å². The molecule has 0 spiro atoms. The number of alkyl halides is 3. The molecule has 7 heteroatoms. The fourth-order valence-electron chi connectivity index (χ4n) is 0.929. The summed E-state index contributed by atoms with van der Waals surface area (Å²) in [6, 6.07) is 1.24. The SMILES string of the molecule is CCOC(=O)c1ccc(C(F)(F)F)oc1=O. The first-order chi connectivity index (χ1) is 7.36. The van der Waals surface area contributed by atoms with Gasteiger partial charge < -0.3 is 9.15 Å². The Morgan fingerprint density at radius 3 is 2.50 bits per heavy atom. The van der Waals surface area contributed by atoms with Crippen LogP contribution in [0.25, 0.3) is 0 Å². The molecule has 0 radical (unpaired) electrons. The van der Waals surface area contributed by atoms with Crippen molar-refractivity contribution >= 4 is 5.97 Å². The lowest BCUT2D eigenvalue weighted by molar-refractivity contribution is -0.154. The lowest BCUT2D eigenvalue weighted by atomic mass is 10.2. The zero-order chi connectivity index (χ0) is 12.3. The number of esters is 1. The van der Waals surface area contributed by atoms with Gasteiger partial charge in [0.2, 0.25) is 5.76 Å². The van der Waals surface area contributed by atoms with E-state index < -0.39 is 29.1 Å². The average molecular weight is 236 g/mol. The highest BCUT2D eigenvalue weighted by atomic mass is 19.4. The Morgan fingerprint density at radius 1 is 1.44 bits per heavy atom. The Morgan fingerprint density at radius 2 is 2.06 bits per heavy atom. The number of hydrogen-bond donors (Lipinski definition) is 0. The fraction of sp³-hybridized carbons (Fsp3) is 0.333. The van der Waals surface area contributed by atoms with Gasteiger partial charge in [-0.1, -0.05) is 0 Å². The maximum Gasteiger partial charge on any atom is 0.449 e. The lowest BCUT2D eigenvalue weighted by Gasteiger charge is -2.05. The highest BCUT2D eigenvalue weighted by Gasteiger charge is 2.35. The first kappa shape index (κ1) is 12.3. The molecule has 1 aromatic heterocycles. The van der Waals surface area contributed by atoms with E-state index in [9.17, 15) is 22.8 Å². The number of ether oxygens (including phenoxy) is 1. The van der Waals surface area contributed by atoms with Crippen molar-refractivity contribution in [1.82, 2.24) is 0 Å². The number of hydrogen-bond acceptors (Lipinski definition) is 4. The van der Waals surface area contributed by atoms with Gasteiger partial charge in [-0.15, -0.1) is 0 Å². The van der Waals surface area contributed by atoms with Crippen LogP contribution in [0.5, 0.6) is 0 Å². The van der Waals surface area contributed by atoms with E-state index in [0.29, 0.717) is 6.07 Å². The molecular weight excluding hydrogens is 229 g/mol. The number of rotatable bonds is 2. The number of carbonyl (C=O) groups is 1. The van der Waals surface area contributed by atoms with Crippen LogP contribution in [0.3, 0.4) is 0 Å². The molecule has 0 N–H and O–H groups in total. The predicted octanol–water partition coefficient (Wildman–Crippen LogP) is 1.84. The van der Waals surface area contributed by atoms with E-state index >= 15 is 0 Å². The summed E-state index contributed by atoms with van der Waals surface area (Å²) >= 11 is 0. The van der Waals surface area contributed by atoms with Crippen molar-refractivity contribution in [2.75, 3.05) is 6.61 Å². The van der Waals surface area contributed by atoms with Gasteiger partial charge >= 0.3 is 17.8 Å². The molecule has 0 aliphatic rings. The third kappa shape index (κ3) is 2.62. The minimum atomic E-state index is -4.76. The predicted molar refractivity (Wildman–Crippen MR) is 45.9 cm³/mol. The lowest BCUT2D eigenvalue weighted by Crippen LogP contribution is -2.19. The summed E-state index contributed by atoms with van der Waals surface area (Å²) in [4.78, 5) is 22.1. The molecule has 0 amide bonds. The van der Waals surface area contributed by atoms with Crippen molar-refractivity contribution in [2.24, 2.45) is 0 Å². The second-order valence-electron chi connectivity index (χ2n) is 2.72. The van der Waals surface area contributed by atoms with Crippen LogP contribution < -0.4 is 5.63 Å². The van der Waals surface area contributed by atoms with Gasteiger partial charge in [0.05, 0.1) is 6.61 Å². The van der Waals surface area contributed by atoms with E-state index in [1.807, 2.05) is 0 Å². The Hall–Kier alpha value is -1.79. The van der Waals surface area contributed by atoms with Gasteiger partial charge in [0.1, 0.15) is 5.56 Å². The summed E-state index contributed by atoms with van der Waals surface area (Å²) in [7, 11) is 0. The molecule has 16 heavy (non-hydrogen) atoms. The van der Waals surface area contributed by atoms with E-state index in [4.69, 9.17) is 0 Å². The number of carbonyl (C=O) groups excluding carboxylic acids is 1. The van der Waals surface area contributed by atoms with Gasteiger partial charge in [0.15, 0.2) is 0 Å². The van der Waals surface area contributed by atoms with Crippen LogP contribution in [0.2, 0.25) is 0 Å². The standard InChI is InChI=1S/C9H7F3O4/c1-2-15-7(13)5-3-4-6(9(10,11)12)16-8(5)14/h3-4H,2H2,1H3. The first-order valence-corrected chi connectivity index (χ1v) is 4.24. The van der Waals surface area contributed by atoms with Gasteiger partial charge in [-0.05, 0) is 19.1 Å². The molecule has 0 aliphatic carbocycles. The van der Waals surface area contributed by atoms with Crippen molar-refractivity contribution in [1.29, 1.82) is 0 Å². The molecule has 0 unspecified atom stereocenters. The molecule has 1 aromatic rings. The third-order valence-electron chi connectivity index (χ3n) is 1.60. The topological polar surface area (TPSA) is 56.5 Å². The van der Waals surface area contributed by atoms with E-state index in [1.54, 1.807) is 0 Å². The van der Waals surface area contributed by atoms with Crippen LogP contribution >= 0.6 is 0 Å². The van der Waals surface area contributed by atoms with Crippen LogP contribution in [-0.2, 0) is 10.9 Å². The summed E-state index contributed by atoms with van der Waals surface area (Å²) in [6.45, 7) is 1.52. The molecule has 0 atom stereocenters. The van der Waals surface area contributed by atoms with Crippen LogP contribution in [-0.4, -0.2) is 12.6 Å². The average Bonchev–Trinajstić information content (AvgIpc) is 2.16. The Kier molecular flexibility index (Phi) is 3.36. The number of halogens is 3. The van der Waals surface area contributed by atoms with Crippen LogP contribution in [0.4, 0.5) is 13.2 Å². The Bertz CT molecular complexity index is 447. The van der Waals surface area contributed by atoms with Gasteiger partial charge in [0, 0.05) is 0 Å². The van der Waals surface area contributed by atoms with Crippen LogP contribution in [0, 0.1) is 0 Å². The molecule has 4 nitrogen and oxygen atoms in total. The summed E-state index contributed by atoms with van der Waals surface area (Å²) in [5.41, 5.74) is -1.93. The minimum absolute atomic E-state index is 0.0132. The van der Waals surface area contributed by atoms with Crippen molar-refractivity contribution in [3.63, 3.8) is 0 Å². The molecule has 0 saturated heterocycles. The normalized spacial score (nSPS) is 11.2. The molecule has 88 valence electrons. The van der Waals surface area contributed by atoms with Gasteiger partial charge in [0.25, 0.3) is 0 Å². The van der Waals surface area contributed by atoms with E-state index in [0.717, 1.165) is 6.07 Å². The highest BCUT2D eigenvalue weighted by molar-refractivity contribution is 5.88. The zero-order valence-corrected chi connectivity index (χ0v) is 8.13. The van der Waals surface area contributed by atoms with E-state index in [-0.39, 0.29) is 6.61 Å². The molecule has 1 rings (SSSR count). The quantitative estimate of drug-likeness (QED) is 0.735. The van der Waals surface area contributed by atoms with E-state index in [1.165, 1.54) is 6.92 Å². The Balaban J connectivity index is 3.11. The van der Waals surface area contributed by atoms with Crippen LogP contribution in [0.1, 0.15) is 23.0 Å². The van der Waals surface area contributed by atoms with Crippen molar-refractivity contribution in [3.05, 3.63) is 33.9 Å². The van der Waals surface area contributed by atoms with Gasteiger partial charge in [-0.3, -0.25) is 0 Å². The second-order valence-corrected chi connectivity index (χ2v) is 2.72. The third-order valence-corrected chi connectivity index (χ3v) is 1.60. The molecule has 0 bridgehead atoms. The highest BCUT2D eigenvalue weighted by Crippen LogP contribution is 2.28. The molecule has 0 aliphatic heterocycles. The largest absolute Gasteiger partial charge is 0.462 e. The molecule has 0 fully saturated rings. The molecular formula is C9H7F3O4. The molecule has 0 saturated carbocycles. The van der Waals surface area contributed by atoms with Gasteiger partial charge in [-0.25, -0.2) is 9.59 Å². The summed E-state index contributed by atoms with van der Waals surface area (Å²) in [5, 5.41) is 0. The van der Waals surface area contributed by atoms with Crippen molar-refractivity contribution in [2.45, 2.75) is 13.1 Å². The smallest absolute Gasteiger partial charge is 0.449 e. The minimum Gasteiger partial charge on any atom is -0.462 e. The Labute approximate surface area is 87.6 Å². The molecule has 1 heterocycles. The monoisotopic (exact) mass is 236 g/mol. The zero-order valence-electron chi connectivity index (χ0n) is 8.13. The second kappa shape index (κ2) is 4.38. The van der Waals surface area contributed by atoms with Crippen LogP contribution in [0.15, 0.2) is 21.3 Å². The van der Waals surface area contributed by atoms with Crippen molar-refractivity contribution in [3.8, 4) is 0 Å².